The fourth-order valence-corrected chi connectivity index (χ4v) is 5.46. The molecule has 8 nitrogen and oxygen atoms in total. The number of ketones is 1. The van der Waals surface area contributed by atoms with E-state index in [2.05, 4.69) is 4.79 Å². The lowest BCUT2D eigenvalue weighted by atomic mass is 9.86. The molecular formula is C18H24N2O6S2. The average molecular weight is 429 g/mol. The molecule has 1 aromatic carbocycles. The smallest absolute Gasteiger partial charge is 0.382 e. The van der Waals surface area contributed by atoms with Crippen LogP contribution in [-0.4, -0.2) is 38.2 Å². The first kappa shape index (κ1) is 22.3. The Kier molecular flexibility index (Phi) is 7.51. The van der Waals surface area contributed by atoms with Crippen LogP contribution in [-0.2, 0) is 24.7 Å². The lowest BCUT2D eigenvalue weighted by Crippen LogP contribution is -2.32. The summed E-state index contributed by atoms with van der Waals surface area (Å²) < 4.78 is 54.0. The number of rotatable bonds is 8. The van der Waals surface area contributed by atoms with Gasteiger partial charge in [0, 0.05) is 5.92 Å². The summed E-state index contributed by atoms with van der Waals surface area (Å²) in [5, 5.41) is -0.886. The van der Waals surface area contributed by atoms with Crippen molar-refractivity contribution in [3.63, 3.8) is 0 Å². The molecule has 0 aliphatic heterocycles. The van der Waals surface area contributed by atoms with Crippen molar-refractivity contribution in [2.24, 2.45) is 5.92 Å². The Hall–Kier alpha value is -2.03. The molecule has 0 heterocycles. The van der Waals surface area contributed by atoms with E-state index in [1.165, 1.54) is 12.1 Å². The van der Waals surface area contributed by atoms with Crippen LogP contribution in [0.15, 0.2) is 29.2 Å². The minimum atomic E-state index is -4.33. The van der Waals surface area contributed by atoms with Crippen LogP contribution in [0.25, 0.3) is 5.53 Å². The predicted molar refractivity (Wildman–Crippen MR) is 103 cm³/mol. The minimum Gasteiger partial charge on any atom is -0.382 e. The zero-order chi connectivity index (χ0) is 20.8. The number of hydrogen-bond acceptors (Lipinski definition) is 6. The number of carbonyl (C=O) groups is 1. The van der Waals surface area contributed by atoms with Crippen molar-refractivity contribution in [3.8, 4) is 5.75 Å². The summed E-state index contributed by atoms with van der Waals surface area (Å²) in [5.41, 5.74) is 9.20. The van der Waals surface area contributed by atoms with Crippen LogP contribution in [0.2, 0.25) is 0 Å². The molecule has 154 valence electrons. The van der Waals surface area contributed by atoms with E-state index < -0.39 is 36.7 Å². The third-order valence-corrected chi connectivity index (χ3v) is 7.56. The maximum absolute atomic E-state index is 12.7. The molecule has 28 heavy (non-hydrogen) atoms. The van der Waals surface area contributed by atoms with Gasteiger partial charge < -0.3 is 9.71 Å². The van der Waals surface area contributed by atoms with Crippen molar-refractivity contribution >= 4 is 30.8 Å². The van der Waals surface area contributed by atoms with E-state index in [0.717, 1.165) is 31.4 Å². The van der Waals surface area contributed by atoms with Crippen molar-refractivity contribution in [3.05, 3.63) is 29.8 Å². The van der Waals surface area contributed by atoms with Gasteiger partial charge in [-0.05, 0) is 43.5 Å². The van der Waals surface area contributed by atoms with Crippen LogP contribution in [0.3, 0.4) is 0 Å². The van der Waals surface area contributed by atoms with E-state index in [1.54, 1.807) is 0 Å². The minimum absolute atomic E-state index is 0.0313. The SMILES string of the molecule is CCCCS(=O)(=O)Oc1ccc(S(=O)(=O)C(=[N+]=[N-])C(=O)C2CCCCC2)cc1. The van der Waals surface area contributed by atoms with Gasteiger partial charge in [-0.2, -0.15) is 8.42 Å². The van der Waals surface area contributed by atoms with Crippen LogP contribution in [0, 0.1) is 5.92 Å². The van der Waals surface area contributed by atoms with E-state index >= 15 is 0 Å². The normalized spacial score (nSPS) is 15.6. The van der Waals surface area contributed by atoms with Gasteiger partial charge in [-0.25, -0.2) is 8.42 Å². The summed E-state index contributed by atoms with van der Waals surface area (Å²) >= 11 is 0. The molecule has 0 radical (unpaired) electrons. The van der Waals surface area contributed by atoms with Gasteiger partial charge in [0.25, 0.3) is 15.6 Å². The molecule has 0 spiro atoms. The highest BCUT2D eigenvalue weighted by molar-refractivity contribution is 8.08. The third kappa shape index (κ3) is 5.50. The zero-order valence-corrected chi connectivity index (χ0v) is 17.3. The number of benzene rings is 1. The molecule has 2 rings (SSSR count). The third-order valence-electron chi connectivity index (χ3n) is 4.64. The molecule has 1 aliphatic rings. The second kappa shape index (κ2) is 9.45. The van der Waals surface area contributed by atoms with Gasteiger partial charge in [-0.1, -0.05) is 32.6 Å². The Labute approximate surface area is 165 Å². The fraction of sp³-hybridized carbons (Fsp3) is 0.556. The van der Waals surface area contributed by atoms with Gasteiger partial charge in [0.05, 0.1) is 10.6 Å². The first-order valence-corrected chi connectivity index (χ1v) is 12.3. The molecule has 0 atom stereocenters. The second-order valence-corrected chi connectivity index (χ2v) is 10.3. The number of carbonyl (C=O) groups excluding carboxylic acids is 1. The van der Waals surface area contributed by atoms with Gasteiger partial charge >= 0.3 is 15.2 Å². The van der Waals surface area contributed by atoms with Crippen molar-refractivity contribution < 1.29 is 30.6 Å². The Morgan fingerprint density at radius 1 is 1.11 bits per heavy atom. The first-order chi connectivity index (χ1) is 13.2. The lowest BCUT2D eigenvalue weighted by Gasteiger charge is -2.18. The summed E-state index contributed by atoms with van der Waals surface area (Å²) in [6.45, 7) is 1.85. The Balaban J connectivity index is 2.20. The number of nitrogens with zero attached hydrogens (tertiary/aromatic N) is 2. The van der Waals surface area contributed by atoms with Crippen molar-refractivity contribution in [2.45, 2.75) is 56.8 Å². The number of Topliss-reactive ketones (excluding diaryl/α,β-unsaturated/α-hetero) is 1. The molecule has 0 bridgehead atoms. The Morgan fingerprint density at radius 3 is 2.25 bits per heavy atom. The molecule has 0 unspecified atom stereocenters. The monoisotopic (exact) mass is 428 g/mol. The van der Waals surface area contributed by atoms with Gasteiger partial charge in [0.1, 0.15) is 5.75 Å². The fourth-order valence-electron chi connectivity index (χ4n) is 3.07. The standard InChI is InChI=1S/C18H24N2O6S2/c1-2-3-13-27(22,23)26-15-9-11-16(12-10-15)28(24,25)18(20-19)17(21)14-7-5-4-6-8-14/h9-12,14H,2-8,13H2,1H3. The van der Waals surface area contributed by atoms with Gasteiger partial charge in [0.2, 0.25) is 0 Å². The molecule has 0 N–H and O–H groups in total. The van der Waals surface area contributed by atoms with Crippen LogP contribution in [0.1, 0.15) is 51.9 Å². The first-order valence-electron chi connectivity index (χ1n) is 9.25. The average Bonchev–Trinajstić information content (AvgIpc) is 2.67. The van der Waals surface area contributed by atoms with E-state index in [0.29, 0.717) is 25.7 Å². The highest BCUT2D eigenvalue weighted by Crippen LogP contribution is 2.27. The number of sulfone groups is 1. The predicted octanol–water partition coefficient (Wildman–Crippen LogP) is 2.75. The highest BCUT2D eigenvalue weighted by Gasteiger charge is 2.41. The molecule has 10 heteroatoms. The topological polar surface area (TPSA) is 131 Å². The molecule has 0 aromatic heterocycles. The van der Waals surface area contributed by atoms with Crippen LogP contribution in [0.5, 0.6) is 5.75 Å². The summed E-state index contributed by atoms with van der Waals surface area (Å²) in [6.07, 6.45) is 4.92. The second-order valence-electron chi connectivity index (χ2n) is 6.78. The summed E-state index contributed by atoms with van der Waals surface area (Å²) in [7, 11) is -8.09. The van der Waals surface area contributed by atoms with Crippen molar-refractivity contribution in [2.75, 3.05) is 5.75 Å². The maximum atomic E-state index is 12.7. The summed E-state index contributed by atoms with van der Waals surface area (Å²) in [4.78, 5) is 15.0. The maximum Gasteiger partial charge on any atom is 0.452 e. The van der Waals surface area contributed by atoms with Crippen LogP contribution < -0.4 is 4.18 Å². The molecular weight excluding hydrogens is 404 g/mol. The van der Waals surface area contributed by atoms with Crippen molar-refractivity contribution in [1.82, 2.24) is 0 Å². The largest absolute Gasteiger partial charge is 0.452 e. The molecule has 1 aliphatic carbocycles. The van der Waals surface area contributed by atoms with E-state index in [4.69, 9.17) is 4.18 Å². The van der Waals surface area contributed by atoms with Crippen LogP contribution in [0.4, 0.5) is 0 Å². The summed E-state index contributed by atoms with van der Waals surface area (Å²) in [5.74, 6) is -1.33. The van der Waals surface area contributed by atoms with Gasteiger partial charge in [0.15, 0.2) is 0 Å². The zero-order valence-electron chi connectivity index (χ0n) is 15.7. The lowest BCUT2D eigenvalue weighted by molar-refractivity contribution is -0.120. The molecule has 0 saturated heterocycles. The molecule has 0 amide bonds. The van der Waals surface area contributed by atoms with Gasteiger partial charge in [-0.15, -0.1) is 4.79 Å². The molecule has 1 saturated carbocycles. The highest BCUT2D eigenvalue weighted by atomic mass is 32.2. The van der Waals surface area contributed by atoms with Crippen molar-refractivity contribution in [1.29, 1.82) is 0 Å². The van der Waals surface area contributed by atoms with Gasteiger partial charge in [-0.3, -0.25) is 4.79 Å². The molecule has 1 aromatic rings. The Bertz CT molecular complexity index is 956. The molecule has 1 fully saturated rings. The number of hydrogen-bond donors (Lipinski definition) is 0. The quantitative estimate of drug-likeness (QED) is 0.206. The summed E-state index contributed by atoms with van der Waals surface area (Å²) in [6, 6.07) is 4.63. The van der Waals surface area contributed by atoms with Crippen LogP contribution >= 0.6 is 0 Å². The number of unbranched alkanes of at least 4 members (excludes halogenated alkanes) is 1. The van der Waals surface area contributed by atoms with E-state index in [9.17, 15) is 27.2 Å². The van der Waals surface area contributed by atoms with E-state index in [1.807, 2.05) is 6.92 Å². The Morgan fingerprint density at radius 2 is 1.71 bits per heavy atom. The van der Waals surface area contributed by atoms with E-state index in [-0.39, 0.29) is 16.4 Å².